The van der Waals surface area contributed by atoms with Crippen molar-refractivity contribution in [3.8, 4) is 0 Å². The third-order valence-corrected chi connectivity index (χ3v) is 3.56. The third-order valence-electron chi connectivity index (χ3n) is 3.56. The Balaban J connectivity index is 0.00000220. The first kappa shape index (κ1) is 21.0. The predicted octanol–water partition coefficient (Wildman–Crippen LogP) is 2.27. The minimum atomic E-state index is 0. The Morgan fingerprint density at radius 2 is 2.09 bits per heavy atom. The lowest BCUT2D eigenvalue weighted by atomic mass is 10.2. The third kappa shape index (κ3) is 6.81. The van der Waals surface area contributed by atoms with Gasteiger partial charge in [-0.1, -0.05) is 0 Å². The molecule has 0 radical (unpaired) electrons. The Kier molecular flexibility index (Phi) is 10.1. The normalized spacial score (nSPS) is 14.7. The number of pyridine rings is 1. The van der Waals surface area contributed by atoms with Gasteiger partial charge in [-0.2, -0.15) is 0 Å². The number of nitrogens with one attached hydrogen (secondary N) is 1. The van der Waals surface area contributed by atoms with Crippen molar-refractivity contribution in [3.63, 3.8) is 0 Å². The van der Waals surface area contributed by atoms with E-state index in [4.69, 9.17) is 5.73 Å². The van der Waals surface area contributed by atoms with Crippen LogP contribution in [0.15, 0.2) is 18.3 Å². The van der Waals surface area contributed by atoms with Crippen LogP contribution >= 0.6 is 24.8 Å². The summed E-state index contributed by atoms with van der Waals surface area (Å²) < 4.78 is 0. The molecule has 5 nitrogen and oxygen atoms in total. The van der Waals surface area contributed by atoms with Gasteiger partial charge in [0.25, 0.3) is 0 Å². The first-order valence-electron chi connectivity index (χ1n) is 7.37. The van der Waals surface area contributed by atoms with E-state index >= 15 is 0 Å². The van der Waals surface area contributed by atoms with Crippen molar-refractivity contribution in [2.75, 3.05) is 18.0 Å². The van der Waals surface area contributed by atoms with Crippen molar-refractivity contribution >= 4 is 36.5 Å². The zero-order valence-electron chi connectivity index (χ0n) is 13.0. The summed E-state index contributed by atoms with van der Waals surface area (Å²) in [5, 5.41) is 2.93. The SMILES string of the molecule is CC(N)CCC(=O)NCc1ccnc(N2CCCC2)c1.Cl.Cl. The Hall–Kier alpha value is -1.04. The average molecular weight is 349 g/mol. The van der Waals surface area contributed by atoms with E-state index in [9.17, 15) is 4.79 Å². The minimum Gasteiger partial charge on any atom is -0.357 e. The summed E-state index contributed by atoms with van der Waals surface area (Å²) in [7, 11) is 0. The number of aromatic nitrogens is 1. The largest absolute Gasteiger partial charge is 0.357 e. The van der Waals surface area contributed by atoms with Gasteiger partial charge in [-0.25, -0.2) is 4.98 Å². The minimum absolute atomic E-state index is 0. The van der Waals surface area contributed by atoms with E-state index in [-0.39, 0.29) is 36.8 Å². The molecule has 0 bridgehead atoms. The van der Waals surface area contributed by atoms with Gasteiger partial charge in [0.1, 0.15) is 5.82 Å². The summed E-state index contributed by atoms with van der Waals surface area (Å²) in [6.45, 7) is 4.63. The lowest BCUT2D eigenvalue weighted by Crippen LogP contribution is -2.25. The molecule has 1 atom stereocenters. The molecule has 2 rings (SSSR count). The Morgan fingerprint density at radius 3 is 2.73 bits per heavy atom. The maximum Gasteiger partial charge on any atom is 0.220 e. The molecule has 1 unspecified atom stereocenters. The van der Waals surface area contributed by atoms with Gasteiger partial charge in [0.2, 0.25) is 5.91 Å². The summed E-state index contributed by atoms with van der Waals surface area (Å²) in [4.78, 5) is 18.4. The lowest BCUT2D eigenvalue weighted by Gasteiger charge is -2.17. The summed E-state index contributed by atoms with van der Waals surface area (Å²) >= 11 is 0. The number of hydrogen-bond acceptors (Lipinski definition) is 4. The van der Waals surface area contributed by atoms with Crippen LogP contribution in [0.1, 0.15) is 38.2 Å². The topological polar surface area (TPSA) is 71.2 Å². The van der Waals surface area contributed by atoms with Crippen molar-refractivity contribution in [2.45, 2.75) is 45.2 Å². The quantitative estimate of drug-likeness (QED) is 0.827. The molecule has 1 aromatic heterocycles. The zero-order chi connectivity index (χ0) is 14.4. The van der Waals surface area contributed by atoms with Crippen molar-refractivity contribution in [1.82, 2.24) is 10.3 Å². The monoisotopic (exact) mass is 348 g/mol. The number of halogens is 2. The fraction of sp³-hybridized carbons (Fsp3) is 0.600. The van der Waals surface area contributed by atoms with Crippen LogP contribution in [0.25, 0.3) is 0 Å². The second-order valence-electron chi connectivity index (χ2n) is 5.51. The number of anilines is 1. The Bertz CT molecular complexity index is 451. The standard InChI is InChI=1S/C15H24N4O.2ClH/c1-12(16)4-5-15(20)18-11-13-6-7-17-14(10-13)19-8-2-3-9-19;;/h6-7,10,12H,2-5,8-9,11,16H2,1H3,(H,18,20);2*1H. The van der Waals surface area contributed by atoms with E-state index in [1.54, 1.807) is 0 Å². The van der Waals surface area contributed by atoms with Crippen LogP contribution in [-0.4, -0.2) is 30.0 Å². The molecule has 1 amide bonds. The van der Waals surface area contributed by atoms with Crippen LogP contribution in [0.3, 0.4) is 0 Å². The van der Waals surface area contributed by atoms with Crippen molar-refractivity contribution < 1.29 is 4.79 Å². The second-order valence-corrected chi connectivity index (χ2v) is 5.51. The van der Waals surface area contributed by atoms with E-state index in [1.165, 1.54) is 12.8 Å². The number of hydrogen-bond donors (Lipinski definition) is 2. The molecular weight excluding hydrogens is 323 g/mol. The number of carbonyl (C=O) groups excluding carboxylic acids is 1. The second kappa shape index (κ2) is 10.6. The Morgan fingerprint density at radius 1 is 1.41 bits per heavy atom. The molecule has 3 N–H and O–H groups in total. The molecule has 0 aliphatic carbocycles. The molecule has 1 aromatic rings. The fourth-order valence-electron chi connectivity index (χ4n) is 2.34. The van der Waals surface area contributed by atoms with Crippen molar-refractivity contribution in [3.05, 3.63) is 23.9 Å². The molecule has 7 heteroatoms. The number of amides is 1. The van der Waals surface area contributed by atoms with Crippen molar-refractivity contribution in [1.29, 1.82) is 0 Å². The molecule has 0 saturated carbocycles. The Labute approximate surface area is 144 Å². The lowest BCUT2D eigenvalue weighted by molar-refractivity contribution is -0.121. The average Bonchev–Trinajstić information content (AvgIpc) is 2.97. The first-order chi connectivity index (χ1) is 9.65. The van der Waals surface area contributed by atoms with E-state index in [0.717, 1.165) is 30.9 Å². The van der Waals surface area contributed by atoms with Crippen LogP contribution in [0.4, 0.5) is 5.82 Å². The molecule has 126 valence electrons. The van der Waals surface area contributed by atoms with Gasteiger partial charge in [-0.3, -0.25) is 4.79 Å². The first-order valence-corrected chi connectivity index (χ1v) is 7.37. The number of nitrogens with zero attached hydrogens (tertiary/aromatic N) is 2. The van der Waals surface area contributed by atoms with Crippen LogP contribution in [-0.2, 0) is 11.3 Å². The summed E-state index contributed by atoms with van der Waals surface area (Å²) in [5.41, 5.74) is 6.74. The van der Waals surface area contributed by atoms with Crippen molar-refractivity contribution in [2.24, 2.45) is 5.73 Å². The van der Waals surface area contributed by atoms with Crippen LogP contribution in [0.5, 0.6) is 0 Å². The maximum absolute atomic E-state index is 11.7. The highest BCUT2D eigenvalue weighted by Gasteiger charge is 2.13. The van der Waals surface area contributed by atoms with Gasteiger partial charge in [-0.05, 0) is 43.9 Å². The van der Waals surface area contributed by atoms with Gasteiger partial charge in [-0.15, -0.1) is 24.8 Å². The highest BCUT2D eigenvalue weighted by Crippen LogP contribution is 2.18. The van der Waals surface area contributed by atoms with E-state index in [2.05, 4.69) is 21.3 Å². The van der Waals surface area contributed by atoms with Gasteiger partial charge in [0.05, 0.1) is 0 Å². The molecule has 1 aliphatic heterocycles. The molecule has 22 heavy (non-hydrogen) atoms. The van der Waals surface area contributed by atoms with Gasteiger partial charge < -0.3 is 16.0 Å². The number of nitrogens with two attached hydrogens (primary N) is 1. The van der Waals surface area contributed by atoms with Gasteiger partial charge in [0, 0.05) is 38.3 Å². The molecule has 1 fully saturated rings. The number of rotatable bonds is 6. The number of carbonyl (C=O) groups is 1. The molecule has 2 heterocycles. The van der Waals surface area contributed by atoms with E-state index < -0.39 is 0 Å². The van der Waals surface area contributed by atoms with E-state index in [1.807, 2.05) is 19.2 Å². The van der Waals surface area contributed by atoms with Crippen LogP contribution in [0.2, 0.25) is 0 Å². The van der Waals surface area contributed by atoms with Crippen LogP contribution in [0, 0.1) is 0 Å². The highest BCUT2D eigenvalue weighted by molar-refractivity contribution is 5.85. The maximum atomic E-state index is 11.7. The molecule has 1 aliphatic rings. The van der Waals surface area contributed by atoms with Crippen LogP contribution < -0.4 is 16.0 Å². The summed E-state index contributed by atoms with van der Waals surface area (Å²) in [6.07, 6.45) is 5.50. The molecule has 0 aromatic carbocycles. The van der Waals surface area contributed by atoms with E-state index in [0.29, 0.717) is 13.0 Å². The predicted molar refractivity (Wildman–Crippen MR) is 94.9 cm³/mol. The summed E-state index contributed by atoms with van der Waals surface area (Å²) in [6, 6.07) is 4.09. The molecule has 0 spiro atoms. The molecule has 1 saturated heterocycles. The zero-order valence-corrected chi connectivity index (χ0v) is 14.6. The summed E-state index contributed by atoms with van der Waals surface area (Å²) in [5.74, 6) is 1.08. The smallest absolute Gasteiger partial charge is 0.220 e. The van der Waals surface area contributed by atoms with Gasteiger partial charge in [0.15, 0.2) is 0 Å². The van der Waals surface area contributed by atoms with Gasteiger partial charge >= 0.3 is 0 Å². The highest BCUT2D eigenvalue weighted by atomic mass is 35.5. The molecular formula is C15H26Cl2N4O. The fourth-order valence-corrected chi connectivity index (χ4v) is 2.34.